The molecule has 1 aromatic heterocycles. The average Bonchev–Trinajstić information content (AvgIpc) is 3.66. The molecule has 1 heterocycles. The Morgan fingerprint density at radius 1 is 0.436 bits per heavy atom. The smallest absolute Gasteiger partial charge is 0.0442 e. The highest BCUT2D eigenvalue weighted by atomic mass is 32.1. The molecule has 10 rings (SSSR count). The van der Waals surface area contributed by atoms with E-state index in [1.54, 1.807) is 0 Å². The number of thiophene rings is 1. The zero-order valence-electron chi connectivity index (χ0n) is 31.3. The molecule has 0 saturated heterocycles. The first kappa shape index (κ1) is 36.9. The van der Waals surface area contributed by atoms with Crippen molar-refractivity contribution < 1.29 is 0 Å². The van der Waals surface area contributed by atoms with Crippen LogP contribution in [0.1, 0.15) is 16.7 Å². The third kappa shape index (κ3) is 7.81. The fourth-order valence-corrected chi connectivity index (χ4v) is 8.73. The molecule has 0 spiro atoms. The van der Waals surface area contributed by atoms with Crippen molar-refractivity contribution in [3.8, 4) is 22.3 Å². The van der Waals surface area contributed by atoms with E-state index in [1.165, 1.54) is 91.4 Å². The van der Waals surface area contributed by atoms with Crippen LogP contribution >= 0.6 is 11.3 Å². The topological polar surface area (TPSA) is 49.9 Å². The van der Waals surface area contributed by atoms with E-state index in [2.05, 4.69) is 172 Å². The summed E-state index contributed by atoms with van der Waals surface area (Å²) in [7, 11) is 0. The van der Waals surface area contributed by atoms with Gasteiger partial charge in [0.15, 0.2) is 0 Å². The molecule has 0 fully saturated rings. The van der Waals surface area contributed by atoms with Crippen molar-refractivity contribution >= 4 is 70.5 Å². The van der Waals surface area contributed by atoms with E-state index in [0.29, 0.717) is 6.54 Å². The van der Waals surface area contributed by atoms with E-state index in [1.807, 2.05) is 47.7 Å². The van der Waals surface area contributed by atoms with Gasteiger partial charge in [0.05, 0.1) is 0 Å². The van der Waals surface area contributed by atoms with Gasteiger partial charge in [0, 0.05) is 32.1 Å². The van der Waals surface area contributed by atoms with Crippen LogP contribution in [0.4, 0.5) is 0 Å². The van der Waals surface area contributed by atoms with Gasteiger partial charge in [-0.1, -0.05) is 181 Å². The molecule has 0 amide bonds. The summed E-state index contributed by atoms with van der Waals surface area (Å²) in [6.45, 7) is 7.52. The number of benzene rings is 9. The van der Waals surface area contributed by atoms with Crippen molar-refractivity contribution in [3.63, 3.8) is 0 Å². The Morgan fingerprint density at radius 2 is 0.964 bits per heavy atom. The van der Waals surface area contributed by atoms with E-state index >= 15 is 0 Å². The molecule has 0 saturated carbocycles. The van der Waals surface area contributed by atoms with Gasteiger partial charge in [-0.15, -0.1) is 11.3 Å². The van der Waals surface area contributed by atoms with Crippen molar-refractivity contribution in [1.82, 2.24) is 0 Å². The quantitative estimate of drug-likeness (QED) is 0.138. The molecule has 2 nitrogen and oxygen atoms in total. The highest BCUT2D eigenvalue weighted by Crippen LogP contribution is 2.46. The first-order chi connectivity index (χ1) is 27.1. The molecule has 55 heavy (non-hydrogen) atoms. The van der Waals surface area contributed by atoms with Crippen LogP contribution in [-0.4, -0.2) is 6.72 Å². The summed E-state index contributed by atoms with van der Waals surface area (Å²) in [6.07, 6.45) is 0. The van der Waals surface area contributed by atoms with Crippen LogP contribution in [0.3, 0.4) is 0 Å². The summed E-state index contributed by atoms with van der Waals surface area (Å²) in [5.41, 5.74) is 14.3. The monoisotopic (exact) mass is 728 g/mol. The Labute approximate surface area is 327 Å². The lowest BCUT2D eigenvalue weighted by Gasteiger charge is -2.14. The van der Waals surface area contributed by atoms with E-state index in [4.69, 9.17) is 11.1 Å². The number of hydrogen-bond acceptors (Lipinski definition) is 3. The zero-order valence-corrected chi connectivity index (χ0v) is 32.1. The van der Waals surface area contributed by atoms with Crippen molar-refractivity contribution in [2.24, 2.45) is 5.73 Å². The molecule has 3 N–H and O–H groups in total. The summed E-state index contributed by atoms with van der Waals surface area (Å²) in [5.74, 6) is 0. The Hall–Kier alpha value is -6.39. The second kappa shape index (κ2) is 17.2. The fourth-order valence-electron chi connectivity index (χ4n) is 7.39. The number of nitrogens with one attached hydrogen (secondary N) is 1. The molecule has 268 valence electrons. The van der Waals surface area contributed by atoms with Crippen molar-refractivity contribution in [2.45, 2.75) is 20.4 Å². The molecule has 0 aliphatic rings. The molecule has 0 aliphatic carbocycles. The summed E-state index contributed by atoms with van der Waals surface area (Å²) < 4.78 is 2.77. The SMILES string of the molecule is C=N.Cc1cc2c3ccccc3c3cc(-c4ccccc4)ccc3c2c2sc3ccccc3c12.Cc1cccc(-c2ccccc2)c1.NCc1ccccc1. The Bertz CT molecular complexity index is 2840. The largest absolute Gasteiger partial charge is 0.326 e. The molecule has 10 aromatic rings. The Balaban J connectivity index is 0.000000166. The highest BCUT2D eigenvalue weighted by molar-refractivity contribution is 7.26. The first-order valence-electron chi connectivity index (χ1n) is 18.5. The predicted octanol–water partition coefficient (Wildman–Crippen LogP) is 14.6. The van der Waals surface area contributed by atoms with Crippen molar-refractivity contribution in [1.29, 1.82) is 5.41 Å². The van der Waals surface area contributed by atoms with Crippen molar-refractivity contribution in [2.75, 3.05) is 0 Å². The van der Waals surface area contributed by atoms with Crippen LogP contribution in [0.15, 0.2) is 188 Å². The van der Waals surface area contributed by atoms with Gasteiger partial charge in [-0.2, -0.15) is 0 Å². The Morgan fingerprint density at radius 3 is 1.56 bits per heavy atom. The van der Waals surface area contributed by atoms with Crippen LogP contribution in [0.25, 0.3) is 74.7 Å². The summed E-state index contributed by atoms with van der Waals surface area (Å²) in [6, 6.07) is 66.8. The molecular weight excluding hydrogens is 685 g/mol. The summed E-state index contributed by atoms with van der Waals surface area (Å²) in [5, 5.41) is 16.4. The van der Waals surface area contributed by atoms with Gasteiger partial charge in [-0.05, 0) is 93.0 Å². The number of fused-ring (bicyclic) bond motifs is 10. The van der Waals surface area contributed by atoms with E-state index in [0.717, 1.165) is 0 Å². The van der Waals surface area contributed by atoms with Gasteiger partial charge in [-0.3, -0.25) is 0 Å². The summed E-state index contributed by atoms with van der Waals surface area (Å²) in [4.78, 5) is 0. The molecule has 0 unspecified atom stereocenters. The molecular formula is C52H44N2S. The average molecular weight is 729 g/mol. The maximum absolute atomic E-state index is 5.50. The van der Waals surface area contributed by atoms with E-state index in [-0.39, 0.29) is 0 Å². The van der Waals surface area contributed by atoms with Crippen LogP contribution < -0.4 is 5.73 Å². The molecule has 0 atom stereocenters. The lowest BCUT2D eigenvalue weighted by Crippen LogP contribution is -1.94. The zero-order chi connectivity index (χ0) is 38.1. The molecule has 9 aromatic carbocycles. The van der Waals surface area contributed by atoms with Gasteiger partial charge in [0.25, 0.3) is 0 Å². The third-order valence-corrected chi connectivity index (χ3v) is 11.1. The maximum atomic E-state index is 5.50. The molecule has 0 aliphatic heterocycles. The standard InChI is InChI=1S/C31H20S.C13H12.C7H9N.CH3N/c1-19-17-27-23-12-6-5-11-22(23)26-18-21(20-9-3-2-4-10-20)15-16-24(26)30(27)31-29(19)25-13-7-8-14-28(25)32-31;1-11-6-5-9-13(10-11)12-7-3-2-4-8-12;8-6-7-4-2-1-3-5-7;1-2/h2-18H,1H3;2-10H,1H3;1-5H,6,8H2;2H,1H2. The molecule has 0 bridgehead atoms. The number of rotatable bonds is 3. The van der Waals surface area contributed by atoms with E-state index < -0.39 is 0 Å². The second-order valence-electron chi connectivity index (χ2n) is 13.5. The highest BCUT2D eigenvalue weighted by Gasteiger charge is 2.17. The van der Waals surface area contributed by atoms with Crippen LogP contribution in [-0.2, 0) is 6.54 Å². The summed E-state index contributed by atoms with van der Waals surface area (Å²) >= 11 is 1.93. The number of nitrogens with two attached hydrogens (primary N) is 1. The van der Waals surface area contributed by atoms with Crippen LogP contribution in [0, 0.1) is 19.3 Å². The molecule has 0 radical (unpaired) electrons. The Kier molecular flexibility index (Phi) is 11.5. The fraction of sp³-hybridized carbons (Fsp3) is 0.0577. The van der Waals surface area contributed by atoms with Gasteiger partial charge in [0.2, 0.25) is 0 Å². The van der Waals surface area contributed by atoms with Gasteiger partial charge in [0.1, 0.15) is 0 Å². The van der Waals surface area contributed by atoms with Gasteiger partial charge < -0.3 is 11.1 Å². The van der Waals surface area contributed by atoms with Crippen LogP contribution in [0.5, 0.6) is 0 Å². The lowest BCUT2D eigenvalue weighted by atomic mass is 9.90. The predicted molar refractivity (Wildman–Crippen MR) is 243 cm³/mol. The number of hydrogen-bond donors (Lipinski definition) is 2. The molecule has 3 heteroatoms. The second-order valence-corrected chi connectivity index (χ2v) is 14.6. The van der Waals surface area contributed by atoms with Gasteiger partial charge in [-0.25, -0.2) is 0 Å². The minimum absolute atomic E-state index is 0.640. The van der Waals surface area contributed by atoms with Gasteiger partial charge >= 0.3 is 0 Å². The lowest BCUT2D eigenvalue weighted by molar-refractivity contribution is 1.07. The first-order valence-corrected chi connectivity index (χ1v) is 19.4. The minimum atomic E-state index is 0.640. The van der Waals surface area contributed by atoms with Crippen molar-refractivity contribution in [3.05, 3.63) is 205 Å². The normalized spacial score (nSPS) is 10.7. The van der Waals surface area contributed by atoms with Crippen LogP contribution in [0.2, 0.25) is 0 Å². The number of aryl methyl sites for hydroxylation is 2. The minimum Gasteiger partial charge on any atom is -0.326 e. The maximum Gasteiger partial charge on any atom is 0.0442 e. The third-order valence-electron chi connectivity index (χ3n) is 9.95. The van der Waals surface area contributed by atoms with E-state index in [9.17, 15) is 0 Å².